The van der Waals surface area contributed by atoms with Crippen LogP contribution in [0.5, 0.6) is 11.5 Å². The highest BCUT2D eigenvalue weighted by Crippen LogP contribution is 2.28. The maximum absolute atomic E-state index is 12.7. The van der Waals surface area contributed by atoms with Gasteiger partial charge in [-0.15, -0.1) is 0 Å². The maximum atomic E-state index is 12.7. The van der Waals surface area contributed by atoms with Gasteiger partial charge in [0.1, 0.15) is 0 Å². The molecular formula is C23H20BrN3O4. The van der Waals surface area contributed by atoms with Gasteiger partial charge >= 0.3 is 0 Å². The molecule has 7 nitrogen and oxygen atoms in total. The normalized spacial score (nSPS) is 10.5. The van der Waals surface area contributed by atoms with Crippen molar-refractivity contribution in [2.24, 2.45) is 5.10 Å². The van der Waals surface area contributed by atoms with Gasteiger partial charge in [0.15, 0.2) is 11.5 Å². The number of nitrogens with one attached hydrogen (secondary N) is 2. The first kappa shape index (κ1) is 22.0. The Kier molecular flexibility index (Phi) is 7.40. The number of carbonyl (C=O) groups excluding carboxylic acids is 2. The molecule has 0 radical (unpaired) electrons. The Bertz CT molecular complexity index is 1110. The third-order valence-electron chi connectivity index (χ3n) is 4.32. The van der Waals surface area contributed by atoms with Gasteiger partial charge in [-0.1, -0.05) is 40.2 Å². The number of para-hydroxylation sites is 1. The lowest BCUT2D eigenvalue weighted by atomic mass is 10.1. The van der Waals surface area contributed by atoms with Gasteiger partial charge in [0, 0.05) is 10.0 Å². The van der Waals surface area contributed by atoms with E-state index in [1.54, 1.807) is 42.5 Å². The van der Waals surface area contributed by atoms with Crippen LogP contribution in [-0.4, -0.2) is 32.2 Å². The molecule has 0 aliphatic heterocycles. The first-order valence-corrected chi connectivity index (χ1v) is 10.0. The minimum Gasteiger partial charge on any atom is -0.493 e. The Morgan fingerprint density at radius 2 is 1.61 bits per heavy atom. The fraction of sp³-hybridized carbons (Fsp3) is 0.0870. The van der Waals surface area contributed by atoms with Gasteiger partial charge in [-0.2, -0.15) is 5.10 Å². The number of hydrazone groups is 1. The van der Waals surface area contributed by atoms with Crippen LogP contribution in [0.2, 0.25) is 0 Å². The van der Waals surface area contributed by atoms with Crippen LogP contribution in [0, 0.1) is 0 Å². The minimum absolute atomic E-state index is 0.282. The highest BCUT2D eigenvalue weighted by molar-refractivity contribution is 9.10. The molecule has 0 unspecified atom stereocenters. The molecule has 2 N–H and O–H groups in total. The van der Waals surface area contributed by atoms with E-state index in [1.165, 1.54) is 20.4 Å². The molecule has 0 bridgehead atoms. The van der Waals surface area contributed by atoms with Crippen molar-refractivity contribution in [3.63, 3.8) is 0 Å². The monoisotopic (exact) mass is 481 g/mol. The molecule has 3 aromatic carbocycles. The van der Waals surface area contributed by atoms with Crippen molar-refractivity contribution in [3.8, 4) is 11.5 Å². The van der Waals surface area contributed by atoms with Gasteiger partial charge in [0.2, 0.25) is 0 Å². The van der Waals surface area contributed by atoms with Crippen molar-refractivity contribution in [2.75, 3.05) is 19.5 Å². The molecule has 0 saturated carbocycles. The minimum atomic E-state index is -0.448. The molecule has 0 spiro atoms. The second kappa shape index (κ2) is 10.4. The van der Waals surface area contributed by atoms with E-state index >= 15 is 0 Å². The zero-order valence-electron chi connectivity index (χ0n) is 16.9. The second-order valence-electron chi connectivity index (χ2n) is 6.32. The van der Waals surface area contributed by atoms with Crippen molar-refractivity contribution in [3.05, 3.63) is 87.9 Å². The van der Waals surface area contributed by atoms with Gasteiger partial charge in [0.05, 0.1) is 31.7 Å². The smallest absolute Gasteiger partial charge is 0.273 e. The summed E-state index contributed by atoms with van der Waals surface area (Å²) >= 11 is 3.36. The van der Waals surface area contributed by atoms with Gasteiger partial charge in [-0.3, -0.25) is 9.59 Å². The van der Waals surface area contributed by atoms with Gasteiger partial charge in [-0.25, -0.2) is 5.43 Å². The van der Waals surface area contributed by atoms with E-state index in [4.69, 9.17) is 9.47 Å². The molecule has 8 heteroatoms. The van der Waals surface area contributed by atoms with Crippen LogP contribution in [0.15, 0.2) is 76.3 Å². The number of halogens is 1. The third-order valence-corrected chi connectivity index (χ3v) is 4.84. The molecule has 0 saturated heterocycles. The topological polar surface area (TPSA) is 89.0 Å². The van der Waals surface area contributed by atoms with E-state index in [2.05, 4.69) is 31.8 Å². The quantitative estimate of drug-likeness (QED) is 0.384. The summed E-state index contributed by atoms with van der Waals surface area (Å²) in [6, 6.07) is 19.0. The summed E-state index contributed by atoms with van der Waals surface area (Å²) in [5.74, 6) is 0.113. The Labute approximate surface area is 188 Å². The number of hydrogen-bond donors (Lipinski definition) is 2. The number of carbonyl (C=O) groups is 2. The van der Waals surface area contributed by atoms with Crippen LogP contribution >= 0.6 is 15.9 Å². The predicted octanol–water partition coefficient (Wildman–Crippen LogP) is 4.48. The number of anilines is 1. The van der Waals surface area contributed by atoms with Crippen LogP contribution in [0.3, 0.4) is 0 Å². The number of benzene rings is 3. The molecule has 31 heavy (non-hydrogen) atoms. The predicted molar refractivity (Wildman–Crippen MR) is 123 cm³/mol. The number of methoxy groups -OCH3 is 2. The summed E-state index contributed by atoms with van der Waals surface area (Å²) < 4.78 is 11.4. The lowest BCUT2D eigenvalue weighted by Crippen LogP contribution is -2.21. The summed E-state index contributed by atoms with van der Waals surface area (Å²) in [5, 5.41) is 6.74. The number of amides is 2. The SMILES string of the molecule is COc1ccc(C(=O)Nc2ccccc2C(=O)N/N=C/c2ccc(Br)cc2)cc1OC. The first-order chi connectivity index (χ1) is 15.0. The standard InChI is InChI=1S/C23H20BrN3O4/c1-30-20-12-9-16(13-21(20)31-2)22(28)26-19-6-4-3-5-18(19)23(29)27-25-14-15-7-10-17(24)11-8-15/h3-14H,1-2H3,(H,26,28)(H,27,29)/b25-14+. The van der Waals surface area contributed by atoms with E-state index in [1.807, 2.05) is 24.3 Å². The summed E-state index contributed by atoms with van der Waals surface area (Å²) in [4.78, 5) is 25.3. The highest BCUT2D eigenvalue weighted by Gasteiger charge is 2.15. The van der Waals surface area contributed by atoms with Crippen molar-refractivity contribution in [2.45, 2.75) is 0 Å². The van der Waals surface area contributed by atoms with Crippen LogP contribution in [-0.2, 0) is 0 Å². The van der Waals surface area contributed by atoms with Crippen LogP contribution in [0.4, 0.5) is 5.69 Å². The summed E-state index contributed by atoms with van der Waals surface area (Å²) in [7, 11) is 3.01. The molecule has 0 atom stereocenters. The number of hydrogen-bond acceptors (Lipinski definition) is 5. The molecule has 2 amide bonds. The second-order valence-corrected chi connectivity index (χ2v) is 7.24. The van der Waals surface area contributed by atoms with Crippen molar-refractivity contribution < 1.29 is 19.1 Å². The molecule has 0 aliphatic carbocycles. The average molecular weight is 482 g/mol. The van der Waals surface area contributed by atoms with E-state index < -0.39 is 5.91 Å². The fourth-order valence-corrected chi connectivity index (χ4v) is 3.00. The van der Waals surface area contributed by atoms with Crippen molar-refractivity contribution in [1.29, 1.82) is 0 Å². The first-order valence-electron chi connectivity index (χ1n) is 9.23. The third kappa shape index (κ3) is 5.70. The van der Waals surface area contributed by atoms with Gasteiger partial charge < -0.3 is 14.8 Å². The Balaban J connectivity index is 1.73. The van der Waals surface area contributed by atoms with E-state index in [-0.39, 0.29) is 11.5 Å². The molecule has 0 aliphatic rings. The molecule has 0 heterocycles. The van der Waals surface area contributed by atoms with E-state index in [0.29, 0.717) is 22.7 Å². The van der Waals surface area contributed by atoms with Gasteiger partial charge in [0.25, 0.3) is 11.8 Å². The zero-order chi connectivity index (χ0) is 22.2. The number of ether oxygens (including phenoxy) is 2. The summed E-state index contributed by atoms with van der Waals surface area (Å²) in [5.41, 5.74) is 4.32. The Hall–Kier alpha value is -3.65. The maximum Gasteiger partial charge on any atom is 0.273 e. The summed E-state index contributed by atoms with van der Waals surface area (Å²) in [6.07, 6.45) is 1.54. The fourth-order valence-electron chi connectivity index (χ4n) is 2.74. The highest BCUT2D eigenvalue weighted by atomic mass is 79.9. The largest absolute Gasteiger partial charge is 0.493 e. The van der Waals surface area contributed by atoms with Crippen LogP contribution in [0.25, 0.3) is 0 Å². The Morgan fingerprint density at radius 1 is 0.903 bits per heavy atom. The average Bonchev–Trinajstić information content (AvgIpc) is 2.80. The van der Waals surface area contributed by atoms with E-state index in [9.17, 15) is 9.59 Å². The lowest BCUT2D eigenvalue weighted by molar-refractivity contribution is 0.0956. The van der Waals surface area contributed by atoms with E-state index in [0.717, 1.165) is 10.0 Å². The zero-order valence-corrected chi connectivity index (χ0v) is 18.5. The van der Waals surface area contributed by atoms with Gasteiger partial charge in [-0.05, 0) is 48.0 Å². The molecule has 0 fully saturated rings. The summed E-state index contributed by atoms with van der Waals surface area (Å²) in [6.45, 7) is 0. The number of nitrogens with zero attached hydrogens (tertiary/aromatic N) is 1. The van der Waals surface area contributed by atoms with Crippen molar-refractivity contribution in [1.82, 2.24) is 5.43 Å². The molecule has 3 aromatic rings. The van der Waals surface area contributed by atoms with Crippen LogP contribution in [0.1, 0.15) is 26.3 Å². The molecule has 158 valence electrons. The lowest BCUT2D eigenvalue weighted by Gasteiger charge is -2.12. The molecular weight excluding hydrogens is 462 g/mol. The Morgan fingerprint density at radius 3 is 2.32 bits per heavy atom. The number of rotatable bonds is 7. The van der Waals surface area contributed by atoms with Crippen molar-refractivity contribution >= 4 is 39.6 Å². The van der Waals surface area contributed by atoms with Crippen LogP contribution < -0.4 is 20.2 Å². The molecule has 0 aromatic heterocycles. The molecule has 3 rings (SSSR count).